The van der Waals surface area contributed by atoms with E-state index in [2.05, 4.69) is 26.0 Å². The number of ether oxygens (including phenoxy) is 1. The zero-order chi connectivity index (χ0) is 13.5. The SMILES string of the molecule is O=C(NCCOCC(F)F)c1ccc(F)c(Br)c1. The number of benzene rings is 1. The van der Waals surface area contributed by atoms with Crippen molar-refractivity contribution in [3.05, 3.63) is 34.1 Å². The highest BCUT2D eigenvalue weighted by atomic mass is 79.9. The van der Waals surface area contributed by atoms with Crippen LogP contribution in [-0.4, -0.2) is 32.1 Å². The first-order chi connectivity index (χ1) is 8.50. The van der Waals surface area contributed by atoms with Gasteiger partial charge >= 0.3 is 0 Å². The molecule has 1 aromatic carbocycles. The second kappa shape index (κ2) is 7.38. The molecule has 0 radical (unpaired) electrons. The highest BCUT2D eigenvalue weighted by Crippen LogP contribution is 2.16. The molecule has 0 fully saturated rings. The standard InChI is InChI=1S/C11H11BrF3NO2/c12-8-5-7(1-2-9(8)13)11(17)16-3-4-18-6-10(14)15/h1-2,5,10H,3-4,6H2,(H,16,17). The Labute approximate surface area is 110 Å². The lowest BCUT2D eigenvalue weighted by Crippen LogP contribution is -2.27. The van der Waals surface area contributed by atoms with Crippen molar-refractivity contribution in [3.63, 3.8) is 0 Å². The number of halogens is 4. The van der Waals surface area contributed by atoms with Crippen molar-refractivity contribution >= 4 is 21.8 Å². The van der Waals surface area contributed by atoms with Crippen molar-refractivity contribution in [3.8, 4) is 0 Å². The second-order valence-corrected chi connectivity index (χ2v) is 4.21. The molecule has 0 atom stereocenters. The number of carbonyl (C=O) groups is 1. The minimum atomic E-state index is -2.52. The minimum absolute atomic E-state index is 0.00154. The zero-order valence-corrected chi connectivity index (χ0v) is 10.8. The molecule has 7 heteroatoms. The van der Waals surface area contributed by atoms with Crippen LogP contribution in [0, 0.1) is 5.82 Å². The molecular weight excluding hydrogens is 315 g/mol. The van der Waals surface area contributed by atoms with E-state index < -0.39 is 24.8 Å². The molecule has 1 N–H and O–H groups in total. The van der Waals surface area contributed by atoms with E-state index in [4.69, 9.17) is 0 Å². The summed E-state index contributed by atoms with van der Waals surface area (Å²) in [5.74, 6) is -0.886. The fourth-order valence-corrected chi connectivity index (χ4v) is 1.53. The van der Waals surface area contributed by atoms with E-state index in [0.29, 0.717) is 0 Å². The molecule has 0 heterocycles. The van der Waals surface area contributed by atoms with E-state index in [0.717, 1.165) is 6.07 Å². The number of rotatable bonds is 6. The predicted molar refractivity (Wildman–Crippen MR) is 63.3 cm³/mol. The summed E-state index contributed by atoms with van der Waals surface area (Å²) < 4.78 is 41.1. The Bertz CT molecular complexity index is 415. The summed E-state index contributed by atoms with van der Waals surface area (Å²) in [6.07, 6.45) is -2.52. The molecule has 1 amide bonds. The molecule has 0 aromatic heterocycles. The van der Waals surface area contributed by atoms with E-state index in [1.54, 1.807) is 0 Å². The summed E-state index contributed by atoms with van der Waals surface area (Å²) in [5, 5.41) is 2.47. The number of carbonyl (C=O) groups excluding carboxylic acids is 1. The minimum Gasteiger partial charge on any atom is -0.374 e. The molecule has 18 heavy (non-hydrogen) atoms. The number of nitrogens with one attached hydrogen (secondary N) is 1. The molecule has 0 aliphatic heterocycles. The van der Waals surface area contributed by atoms with Crippen molar-refractivity contribution < 1.29 is 22.7 Å². The van der Waals surface area contributed by atoms with Gasteiger partial charge in [-0.15, -0.1) is 0 Å². The molecule has 0 unspecified atom stereocenters. The summed E-state index contributed by atoms with van der Waals surface area (Å²) >= 11 is 2.96. The molecule has 3 nitrogen and oxygen atoms in total. The lowest BCUT2D eigenvalue weighted by atomic mass is 10.2. The Kier molecular flexibility index (Phi) is 6.14. The summed E-state index contributed by atoms with van der Waals surface area (Å²) in [6.45, 7) is -0.545. The molecule has 0 aliphatic carbocycles. The van der Waals surface area contributed by atoms with Crippen LogP contribution in [0.1, 0.15) is 10.4 Å². The van der Waals surface area contributed by atoms with Crippen LogP contribution in [0.4, 0.5) is 13.2 Å². The molecule has 0 saturated heterocycles. The Morgan fingerprint density at radius 2 is 2.17 bits per heavy atom. The van der Waals surface area contributed by atoms with Crippen molar-refractivity contribution in [2.45, 2.75) is 6.43 Å². The first-order valence-corrected chi connectivity index (χ1v) is 5.89. The topological polar surface area (TPSA) is 38.3 Å². The van der Waals surface area contributed by atoms with Gasteiger partial charge in [0.2, 0.25) is 0 Å². The Hall–Kier alpha value is -1.08. The lowest BCUT2D eigenvalue weighted by Gasteiger charge is -2.06. The lowest BCUT2D eigenvalue weighted by molar-refractivity contribution is 0.0188. The van der Waals surface area contributed by atoms with Crippen molar-refractivity contribution in [2.24, 2.45) is 0 Å². The monoisotopic (exact) mass is 325 g/mol. The van der Waals surface area contributed by atoms with Crippen LogP contribution in [0.25, 0.3) is 0 Å². The third-order valence-corrected chi connectivity index (χ3v) is 2.57. The van der Waals surface area contributed by atoms with Gasteiger partial charge in [-0.3, -0.25) is 4.79 Å². The molecule has 100 valence electrons. The molecule has 0 spiro atoms. The van der Waals surface area contributed by atoms with Crippen LogP contribution in [0.5, 0.6) is 0 Å². The summed E-state index contributed by atoms with van der Waals surface area (Å²) in [6, 6.07) is 3.83. The highest BCUT2D eigenvalue weighted by Gasteiger charge is 2.08. The van der Waals surface area contributed by atoms with E-state index in [1.807, 2.05) is 0 Å². The van der Waals surface area contributed by atoms with Crippen LogP contribution >= 0.6 is 15.9 Å². The number of hydrogen-bond acceptors (Lipinski definition) is 2. The highest BCUT2D eigenvalue weighted by molar-refractivity contribution is 9.10. The maximum atomic E-state index is 12.9. The molecule has 0 bridgehead atoms. The van der Waals surface area contributed by atoms with Crippen molar-refractivity contribution in [1.82, 2.24) is 5.32 Å². The normalized spacial score (nSPS) is 10.7. The van der Waals surface area contributed by atoms with Gasteiger partial charge in [0.1, 0.15) is 12.4 Å². The van der Waals surface area contributed by atoms with Gasteiger partial charge in [0.15, 0.2) is 0 Å². The van der Waals surface area contributed by atoms with Crippen LogP contribution < -0.4 is 5.32 Å². The molecule has 0 saturated carbocycles. The molecular formula is C11H11BrF3NO2. The third-order valence-electron chi connectivity index (χ3n) is 1.96. The van der Waals surface area contributed by atoms with E-state index >= 15 is 0 Å². The maximum absolute atomic E-state index is 12.9. The van der Waals surface area contributed by atoms with Crippen LogP contribution in [0.15, 0.2) is 22.7 Å². The van der Waals surface area contributed by atoms with E-state index in [-0.39, 0.29) is 23.2 Å². The Morgan fingerprint density at radius 1 is 1.44 bits per heavy atom. The van der Waals surface area contributed by atoms with Gasteiger partial charge in [-0.2, -0.15) is 0 Å². The van der Waals surface area contributed by atoms with Crippen LogP contribution in [0.3, 0.4) is 0 Å². The fourth-order valence-electron chi connectivity index (χ4n) is 1.15. The zero-order valence-electron chi connectivity index (χ0n) is 9.26. The van der Waals surface area contributed by atoms with Crippen LogP contribution in [0.2, 0.25) is 0 Å². The average molecular weight is 326 g/mol. The van der Waals surface area contributed by atoms with Gasteiger partial charge in [0.25, 0.3) is 12.3 Å². The smallest absolute Gasteiger partial charge is 0.261 e. The summed E-state index contributed by atoms with van der Waals surface area (Å²) in [7, 11) is 0. The Morgan fingerprint density at radius 3 is 2.78 bits per heavy atom. The van der Waals surface area contributed by atoms with Crippen molar-refractivity contribution in [1.29, 1.82) is 0 Å². The Balaban J connectivity index is 2.34. The van der Waals surface area contributed by atoms with Gasteiger partial charge in [0.05, 0.1) is 11.1 Å². The van der Waals surface area contributed by atoms with Gasteiger partial charge < -0.3 is 10.1 Å². The van der Waals surface area contributed by atoms with Gasteiger partial charge in [-0.25, -0.2) is 13.2 Å². The second-order valence-electron chi connectivity index (χ2n) is 3.35. The summed E-state index contributed by atoms with van der Waals surface area (Å²) in [4.78, 5) is 11.5. The predicted octanol–water partition coefficient (Wildman–Crippen LogP) is 2.60. The third kappa shape index (κ3) is 5.05. The van der Waals surface area contributed by atoms with Crippen LogP contribution in [-0.2, 0) is 4.74 Å². The number of amides is 1. The summed E-state index contributed by atoms with van der Waals surface area (Å²) in [5.41, 5.74) is 0.275. The average Bonchev–Trinajstić information content (AvgIpc) is 2.31. The van der Waals surface area contributed by atoms with E-state index in [1.165, 1.54) is 12.1 Å². The number of hydrogen-bond donors (Lipinski definition) is 1. The first-order valence-electron chi connectivity index (χ1n) is 5.10. The molecule has 0 aliphatic rings. The first kappa shape index (κ1) is 15.0. The van der Waals surface area contributed by atoms with Crippen molar-refractivity contribution in [2.75, 3.05) is 19.8 Å². The van der Waals surface area contributed by atoms with Gasteiger partial charge in [-0.05, 0) is 34.1 Å². The molecule has 1 aromatic rings. The van der Waals surface area contributed by atoms with E-state index in [9.17, 15) is 18.0 Å². The maximum Gasteiger partial charge on any atom is 0.261 e. The van der Waals surface area contributed by atoms with Gasteiger partial charge in [-0.1, -0.05) is 0 Å². The van der Waals surface area contributed by atoms with Gasteiger partial charge in [0, 0.05) is 12.1 Å². The number of alkyl halides is 2. The molecule has 1 rings (SSSR count). The largest absolute Gasteiger partial charge is 0.374 e. The quantitative estimate of drug-likeness (QED) is 0.816. The fraction of sp³-hybridized carbons (Fsp3) is 0.364.